The summed E-state index contributed by atoms with van der Waals surface area (Å²) in [6, 6.07) is 13.4. The van der Waals surface area contributed by atoms with E-state index in [4.69, 9.17) is 9.84 Å². The van der Waals surface area contributed by atoms with Crippen molar-refractivity contribution in [3.05, 3.63) is 65.7 Å². The molecule has 21 heavy (non-hydrogen) atoms. The van der Waals surface area contributed by atoms with Gasteiger partial charge in [-0.2, -0.15) is 0 Å². The van der Waals surface area contributed by atoms with Gasteiger partial charge in [0.1, 0.15) is 6.11 Å². The number of benzene rings is 2. The van der Waals surface area contributed by atoms with Gasteiger partial charge in [-0.05, 0) is 41.8 Å². The first-order valence-electron chi connectivity index (χ1n) is 6.12. The third-order valence-corrected chi connectivity index (χ3v) is 2.53. The molecule has 4 heteroatoms. The van der Waals surface area contributed by atoms with Crippen molar-refractivity contribution in [2.75, 3.05) is 0 Å². The van der Waals surface area contributed by atoms with E-state index in [0.717, 1.165) is 5.56 Å². The van der Waals surface area contributed by atoms with Gasteiger partial charge in [0.25, 0.3) is 0 Å². The Balaban J connectivity index is 1.94. The van der Waals surface area contributed by atoms with Crippen molar-refractivity contribution in [3.63, 3.8) is 0 Å². The number of esters is 1. The monoisotopic (exact) mass is 280 g/mol. The molecule has 104 valence electrons. The number of aromatic hydroxyl groups is 2. The molecule has 0 unspecified atom stereocenters. The van der Waals surface area contributed by atoms with E-state index in [9.17, 15) is 9.90 Å². The van der Waals surface area contributed by atoms with E-state index in [2.05, 4.69) is 12.0 Å². The zero-order valence-electron chi connectivity index (χ0n) is 11.0. The average molecular weight is 280 g/mol. The van der Waals surface area contributed by atoms with Crippen molar-refractivity contribution in [1.82, 2.24) is 0 Å². The van der Waals surface area contributed by atoms with Crippen molar-refractivity contribution in [2.24, 2.45) is 0 Å². The molecule has 0 spiro atoms. The summed E-state index contributed by atoms with van der Waals surface area (Å²) in [5.74, 6) is 1.60. The van der Waals surface area contributed by atoms with E-state index in [1.54, 1.807) is 18.2 Å². The maximum absolute atomic E-state index is 11.4. The zero-order valence-corrected chi connectivity index (χ0v) is 11.0. The molecule has 0 atom stereocenters. The molecule has 0 aromatic heterocycles. The van der Waals surface area contributed by atoms with Gasteiger partial charge in [-0.3, -0.25) is 0 Å². The van der Waals surface area contributed by atoms with E-state index in [1.807, 2.05) is 18.2 Å². The van der Waals surface area contributed by atoms with Gasteiger partial charge >= 0.3 is 5.97 Å². The second-order valence-electron chi connectivity index (χ2n) is 4.10. The van der Waals surface area contributed by atoms with Crippen LogP contribution in [0.2, 0.25) is 0 Å². The lowest BCUT2D eigenvalue weighted by atomic mass is 10.2. The first-order valence-corrected chi connectivity index (χ1v) is 6.12. The van der Waals surface area contributed by atoms with Gasteiger partial charge < -0.3 is 14.9 Å². The van der Waals surface area contributed by atoms with Gasteiger partial charge in [0.2, 0.25) is 0 Å². The molecule has 0 aliphatic rings. The maximum atomic E-state index is 11.4. The highest BCUT2D eigenvalue weighted by Crippen LogP contribution is 2.25. The van der Waals surface area contributed by atoms with Crippen molar-refractivity contribution in [1.29, 1.82) is 0 Å². The number of rotatable bonds is 2. The number of carbonyl (C=O) groups excluding carboxylic acids is 1. The number of carbonyl (C=O) groups is 1. The van der Waals surface area contributed by atoms with E-state index in [-0.39, 0.29) is 11.5 Å². The summed E-state index contributed by atoms with van der Waals surface area (Å²) >= 11 is 0. The molecule has 0 fully saturated rings. The Morgan fingerprint density at radius 1 is 1.05 bits per heavy atom. The fourth-order valence-electron chi connectivity index (χ4n) is 1.50. The molecule has 0 saturated carbocycles. The Bertz CT molecular complexity index is 721. The Morgan fingerprint density at radius 2 is 1.81 bits per heavy atom. The van der Waals surface area contributed by atoms with Crippen LogP contribution in [0, 0.1) is 12.0 Å². The molecule has 0 saturated heterocycles. The van der Waals surface area contributed by atoms with Crippen LogP contribution in [-0.4, -0.2) is 16.2 Å². The molecule has 2 aromatic carbocycles. The molecule has 2 aromatic rings. The van der Waals surface area contributed by atoms with Crippen LogP contribution in [-0.2, 0) is 9.53 Å². The fraction of sp³-hybridized carbons (Fsp3) is 0. The fourth-order valence-corrected chi connectivity index (χ4v) is 1.50. The normalized spacial score (nSPS) is 9.90. The minimum atomic E-state index is -0.619. The lowest BCUT2D eigenvalue weighted by Gasteiger charge is -1.97. The molecule has 2 N–H and O–H groups in total. The van der Waals surface area contributed by atoms with E-state index in [0.29, 0.717) is 5.56 Å². The van der Waals surface area contributed by atoms with Crippen LogP contribution in [0.5, 0.6) is 11.5 Å². The van der Waals surface area contributed by atoms with Crippen LogP contribution in [0.3, 0.4) is 0 Å². The van der Waals surface area contributed by atoms with Crippen LogP contribution < -0.4 is 0 Å². The van der Waals surface area contributed by atoms with Gasteiger partial charge in [0, 0.05) is 11.6 Å². The number of ether oxygens (including phenoxy) is 1. The topological polar surface area (TPSA) is 66.8 Å². The number of phenolic OH excluding ortho intramolecular Hbond substituents is 2. The predicted molar refractivity (Wildman–Crippen MR) is 78.2 cm³/mol. The third-order valence-electron chi connectivity index (χ3n) is 2.53. The number of hydrogen-bond acceptors (Lipinski definition) is 4. The van der Waals surface area contributed by atoms with Crippen LogP contribution in [0.15, 0.2) is 54.6 Å². The molecule has 0 heterocycles. The van der Waals surface area contributed by atoms with Gasteiger partial charge in [0.05, 0.1) is 0 Å². The standard InChI is InChI=1S/C17H12O4/c18-15-8-6-14(12-16(15)19)7-9-17(20)21-11-10-13-4-2-1-3-5-13/h1-9,12,18-19H/b9-7+. The van der Waals surface area contributed by atoms with E-state index >= 15 is 0 Å². The largest absolute Gasteiger partial charge is 0.504 e. The highest BCUT2D eigenvalue weighted by molar-refractivity contribution is 5.87. The lowest BCUT2D eigenvalue weighted by molar-refractivity contribution is -0.131. The van der Waals surface area contributed by atoms with Crippen LogP contribution >= 0.6 is 0 Å². The summed E-state index contributed by atoms with van der Waals surface area (Å²) in [5, 5.41) is 18.5. The SMILES string of the molecule is O=C(/C=C/c1ccc(O)c(O)c1)OC#Cc1ccccc1. The molecule has 0 bridgehead atoms. The molecule has 4 nitrogen and oxygen atoms in total. The predicted octanol–water partition coefficient (Wildman–Crippen LogP) is 2.66. The third kappa shape index (κ3) is 4.44. The summed E-state index contributed by atoms with van der Waals surface area (Å²) in [5.41, 5.74) is 1.30. The van der Waals surface area contributed by atoms with Gasteiger partial charge in [-0.1, -0.05) is 24.3 Å². The summed E-state index contributed by atoms with van der Waals surface area (Å²) in [6.45, 7) is 0. The summed E-state index contributed by atoms with van der Waals surface area (Å²) < 4.78 is 4.72. The zero-order chi connectivity index (χ0) is 15.1. The highest BCUT2D eigenvalue weighted by atomic mass is 16.5. The highest BCUT2D eigenvalue weighted by Gasteiger charge is 1.99. The summed E-state index contributed by atoms with van der Waals surface area (Å²) in [6.07, 6.45) is 4.95. The molecule has 0 aliphatic heterocycles. The van der Waals surface area contributed by atoms with E-state index < -0.39 is 5.97 Å². The van der Waals surface area contributed by atoms with Crippen LogP contribution in [0.25, 0.3) is 6.08 Å². The average Bonchev–Trinajstić information content (AvgIpc) is 2.49. The number of hydrogen-bond donors (Lipinski definition) is 2. The van der Waals surface area contributed by atoms with Gasteiger partial charge in [-0.15, -0.1) is 0 Å². The molecular formula is C17H12O4. The maximum Gasteiger partial charge on any atom is 0.344 e. The molecule has 0 radical (unpaired) electrons. The van der Waals surface area contributed by atoms with Crippen LogP contribution in [0.1, 0.15) is 11.1 Å². The minimum Gasteiger partial charge on any atom is -0.504 e. The van der Waals surface area contributed by atoms with Crippen molar-refractivity contribution >= 4 is 12.0 Å². The Labute approximate surface area is 121 Å². The molecular weight excluding hydrogens is 268 g/mol. The quantitative estimate of drug-likeness (QED) is 0.384. The molecule has 2 rings (SSSR count). The van der Waals surface area contributed by atoms with Gasteiger partial charge in [-0.25, -0.2) is 4.79 Å². The first kappa shape index (κ1) is 14.2. The number of phenols is 2. The molecule has 0 amide bonds. The van der Waals surface area contributed by atoms with Crippen LogP contribution in [0.4, 0.5) is 0 Å². The summed E-state index contributed by atoms with van der Waals surface area (Å²) in [7, 11) is 0. The van der Waals surface area contributed by atoms with Crippen molar-refractivity contribution in [3.8, 4) is 23.5 Å². The Hall–Kier alpha value is -3.19. The lowest BCUT2D eigenvalue weighted by Crippen LogP contribution is -1.93. The Morgan fingerprint density at radius 3 is 2.52 bits per heavy atom. The first-order chi connectivity index (χ1) is 10.1. The van der Waals surface area contributed by atoms with E-state index in [1.165, 1.54) is 24.3 Å². The van der Waals surface area contributed by atoms with Gasteiger partial charge in [0.15, 0.2) is 11.5 Å². The Kier molecular flexibility index (Phi) is 4.62. The second-order valence-corrected chi connectivity index (χ2v) is 4.10. The smallest absolute Gasteiger partial charge is 0.344 e. The second kappa shape index (κ2) is 6.83. The minimum absolute atomic E-state index is 0.219. The van der Waals surface area contributed by atoms with Crippen molar-refractivity contribution in [2.45, 2.75) is 0 Å². The van der Waals surface area contributed by atoms with Crippen molar-refractivity contribution < 1.29 is 19.7 Å². The molecule has 0 aliphatic carbocycles. The summed E-state index contributed by atoms with van der Waals surface area (Å²) in [4.78, 5) is 11.4.